The Morgan fingerprint density at radius 3 is 2.58 bits per heavy atom. The fraction of sp³-hybridized carbons (Fsp3) is 0.542. The molecule has 1 atom stereocenters. The summed E-state index contributed by atoms with van der Waals surface area (Å²) in [5, 5.41) is 10.8. The lowest BCUT2D eigenvalue weighted by molar-refractivity contribution is -0.147. The van der Waals surface area contributed by atoms with Crippen molar-refractivity contribution in [3.63, 3.8) is 0 Å². The Hall–Kier alpha value is -3.70. The van der Waals surface area contributed by atoms with Gasteiger partial charge in [-0.1, -0.05) is 6.07 Å². The molecule has 0 bridgehead atoms. The zero-order chi connectivity index (χ0) is 25.9. The minimum Gasteiger partial charge on any atom is -0.345 e. The average Bonchev–Trinajstić information content (AvgIpc) is 3.07. The molecule has 12 heteroatoms. The van der Waals surface area contributed by atoms with Crippen molar-refractivity contribution in [2.45, 2.75) is 50.1 Å². The highest BCUT2D eigenvalue weighted by Crippen LogP contribution is 2.33. The van der Waals surface area contributed by atoms with Gasteiger partial charge in [0.2, 0.25) is 0 Å². The number of hydrogen-bond donors (Lipinski definition) is 4. The van der Waals surface area contributed by atoms with Crippen molar-refractivity contribution in [3.8, 4) is 0 Å². The third-order valence-corrected chi connectivity index (χ3v) is 7.17. The van der Waals surface area contributed by atoms with Crippen LogP contribution in [0.25, 0.3) is 0 Å². The van der Waals surface area contributed by atoms with Gasteiger partial charge in [0.25, 0.3) is 5.91 Å². The molecule has 1 aliphatic carbocycles. The first-order chi connectivity index (χ1) is 17.2. The molecule has 1 aromatic rings. The third-order valence-electron chi connectivity index (χ3n) is 7.17. The largest absolute Gasteiger partial charge is 0.345 e. The molecule has 2 saturated heterocycles. The number of nitrogens with zero attached hydrogens (tertiary/aromatic N) is 2. The number of nitrogens with one attached hydrogen (secondary N) is 4. The number of hydrogen-bond acceptors (Lipinski definition) is 5. The Balaban J connectivity index is 1.21. The van der Waals surface area contributed by atoms with Crippen molar-refractivity contribution < 1.29 is 28.4 Å². The van der Waals surface area contributed by atoms with E-state index in [4.69, 9.17) is 0 Å². The molecule has 0 radical (unpaired) electrons. The Morgan fingerprint density at radius 2 is 1.92 bits per heavy atom. The van der Waals surface area contributed by atoms with Gasteiger partial charge in [-0.05, 0) is 62.6 Å². The van der Waals surface area contributed by atoms with Crippen LogP contribution in [0.1, 0.15) is 38.5 Å². The molecule has 1 saturated carbocycles. The molecule has 2 heterocycles. The lowest BCUT2D eigenvalue weighted by atomic mass is 9.79. The lowest BCUT2D eigenvalue weighted by Crippen LogP contribution is -2.55. The lowest BCUT2D eigenvalue weighted by Gasteiger charge is -2.36. The number of carbonyl (C=O) groups is 5. The molecule has 1 aromatic carbocycles. The number of anilines is 1. The van der Waals surface area contributed by atoms with Crippen LogP contribution in [0.2, 0.25) is 0 Å². The molecule has 7 amide bonds. The van der Waals surface area contributed by atoms with E-state index in [9.17, 15) is 28.4 Å². The second-order valence-corrected chi connectivity index (χ2v) is 9.73. The van der Waals surface area contributed by atoms with E-state index in [0.29, 0.717) is 57.4 Å². The summed E-state index contributed by atoms with van der Waals surface area (Å²) in [5.41, 5.74) is -0.574. The van der Waals surface area contributed by atoms with Gasteiger partial charge < -0.3 is 26.2 Å². The van der Waals surface area contributed by atoms with Crippen molar-refractivity contribution in [3.05, 3.63) is 30.1 Å². The summed E-state index contributed by atoms with van der Waals surface area (Å²) in [5.74, 6) is -2.03. The number of likely N-dealkylation sites (tertiary alicyclic amines) is 1. The van der Waals surface area contributed by atoms with Gasteiger partial charge in [0, 0.05) is 38.4 Å². The Kier molecular flexibility index (Phi) is 7.41. The van der Waals surface area contributed by atoms with Crippen molar-refractivity contribution in [1.29, 1.82) is 0 Å². The maximum absolute atomic E-state index is 13.3. The molecule has 3 aliphatic rings. The molecule has 36 heavy (non-hydrogen) atoms. The van der Waals surface area contributed by atoms with E-state index in [1.54, 1.807) is 6.07 Å². The standard InChI is InChI=1S/C24H31FN6O5/c1-30-21(34)24(29-23(30)36)9-7-17(8-10-24)27-19(32)20(33)31-11-3-4-15(14-31)13-26-22(35)28-18-6-2-5-16(25)12-18/h2,5-6,12,15,17H,3-4,7-11,13-14H2,1H3,(H,27,32)(H,29,36)(H2,26,28,35). The number of carbonyl (C=O) groups excluding carboxylic acids is 5. The van der Waals surface area contributed by atoms with Crippen molar-refractivity contribution >= 4 is 35.5 Å². The van der Waals surface area contributed by atoms with E-state index in [0.717, 1.165) is 11.3 Å². The number of benzene rings is 1. The first-order valence-electron chi connectivity index (χ1n) is 12.2. The Morgan fingerprint density at radius 1 is 1.17 bits per heavy atom. The Labute approximate surface area is 208 Å². The molecule has 0 aromatic heterocycles. The van der Waals surface area contributed by atoms with Crippen LogP contribution < -0.4 is 21.3 Å². The van der Waals surface area contributed by atoms with E-state index < -0.39 is 35.2 Å². The van der Waals surface area contributed by atoms with E-state index in [-0.39, 0.29) is 17.9 Å². The monoisotopic (exact) mass is 502 g/mol. The zero-order valence-corrected chi connectivity index (χ0v) is 20.1. The molecule has 1 spiro atoms. The van der Waals surface area contributed by atoms with Gasteiger partial charge in [0.15, 0.2) is 0 Å². The van der Waals surface area contributed by atoms with E-state index >= 15 is 0 Å². The molecule has 3 fully saturated rings. The average molecular weight is 503 g/mol. The molecule has 11 nitrogen and oxygen atoms in total. The van der Waals surface area contributed by atoms with Gasteiger partial charge in [-0.2, -0.15) is 0 Å². The highest BCUT2D eigenvalue weighted by atomic mass is 19.1. The molecule has 4 rings (SSSR count). The summed E-state index contributed by atoms with van der Waals surface area (Å²) in [6.45, 7) is 1.11. The van der Waals surface area contributed by atoms with Gasteiger partial charge in [-0.15, -0.1) is 0 Å². The minimum atomic E-state index is -0.912. The maximum Gasteiger partial charge on any atom is 0.324 e. The van der Waals surface area contributed by atoms with Gasteiger partial charge in [0.1, 0.15) is 11.4 Å². The molecular weight excluding hydrogens is 471 g/mol. The summed E-state index contributed by atoms with van der Waals surface area (Å²) in [4.78, 5) is 64.4. The van der Waals surface area contributed by atoms with Crippen molar-refractivity contribution in [1.82, 2.24) is 25.8 Å². The smallest absolute Gasteiger partial charge is 0.324 e. The summed E-state index contributed by atoms with van der Waals surface area (Å²) in [6.07, 6.45) is 3.26. The van der Waals surface area contributed by atoms with Crippen LogP contribution in [-0.2, 0) is 14.4 Å². The quantitative estimate of drug-likeness (QED) is 0.361. The van der Waals surface area contributed by atoms with Gasteiger partial charge in [-0.3, -0.25) is 19.3 Å². The SMILES string of the molecule is CN1C(=O)NC2(CCC(NC(=O)C(=O)N3CCCC(CNC(=O)Nc4cccc(F)c4)C3)CC2)C1=O. The highest BCUT2D eigenvalue weighted by Gasteiger charge is 2.51. The summed E-state index contributed by atoms with van der Waals surface area (Å²) < 4.78 is 13.3. The molecule has 4 N–H and O–H groups in total. The van der Waals surface area contributed by atoms with Crippen LogP contribution in [0.5, 0.6) is 0 Å². The van der Waals surface area contributed by atoms with E-state index in [2.05, 4.69) is 21.3 Å². The number of likely N-dealkylation sites (N-methyl/N-ethyl adjacent to an activating group) is 1. The highest BCUT2D eigenvalue weighted by molar-refractivity contribution is 6.35. The van der Waals surface area contributed by atoms with Crippen LogP contribution in [0.3, 0.4) is 0 Å². The topological polar surface area (TPSA) is 140 Å². The van der Waals surface area contributed by atoms with Gasteiger partial charge in [-0.25, -0.2) is 14.0 Å². The maximum atomic E-state index is 13.3. The first kappa shape index (κ1) is 25.4. The third kappa shape index (κ3) is 5.58. The predicted molar refractivity (Wildman–Crippen MR) is 127 cm³/mol. The second kappa shape index (κ2) is 10.5. The number of urea groups is 2. The normalized spacial score (nSPS) is 25.9. The minimum absolute atomic E-state index is 0.0164. The first-order valence-corrected chi connectivity index (χ1v) is 12.2. The van der Waals surface area contributed by atoms with Crippen LogP contribution >= 0.6 is 0 Å². The predicted octanol–water partition coefficient (Wildman–Crippen LogP) is 1.16. The fourth-order valence-corrected chi connectivity index (χ4v) is 5.13. The fourth-order valence-electron chi connectivity index (χ4n) is 5.13. The Bertz CT molecular complexity index is 1060. The number of imide groups is 1. The molecule has 194 valence electrons. The van der Waals surface area contributed by atoms with Crippen LogP contribution in [0, 0.1) is 11.7 Å². The van der Waals surface area contributed by atoms with Gasteiger partial charge >= 0.3 is 23.9 Å². The number of piperidine rings is 1. The van der Waals surface area contributed by atoms with E-state index in [1.165, 1.54) is 30.1 Å². The summed E-state index contributed by atoms with van der Waals surface area (Å²) in [7, 11) is 1.44. The summed E-state index contributed by atoms with van der Waals surface area (Å²) in [6, 6.07) is 4.43. The van der Waals surface area contributed by atoms with Crippen LogP contribution in [0.4, 0.5) is 19.7 Å². The number of amides is 7. The van der Waals surface area contributed by atoms with Crippen molar-refractivity contribution in [2.75, 3.05) is 32.0 Å². The van der Waals surface area contributed by atoms with Crippen molar-refractivity contribution in [2.24, 2.45) is 5.92 Å². The molecule has 2 aliphatic heterocycles. The molecular formula is C24H31FN6O5. The van der Waals surface area contributed by atoms with Crippen LogP contribution in [0.15, 0.2) is 24.3 Å². The van der Waals surface area contributed by atoms with E-state index in [1.807, 2.05) is 0 Å². The zero-order valence-electron chi connectivity index (χ0n) is 20.1. The number of rotatable bonds is 4. The van der Waals surface area contributed by atoms with Gasteiger partial charge in [0.05, 0.1) is 0 Å². The van der Waals surface area contributed by atoms with Crippen LogP contribution in [-0.4, -0.2) is 77.8 Å². The molecule has 1 unspecified atom stereocenters. The summed E-state index contributed by atoms with van der Waals surface area (Å²) >= 11 is 0. The number of halogens is 1. The second-order valence-electron chi connectivity index (χ2n) is 9.73.